The van der Waals surface area contributed by atoms with E-state index in [-0.39, 0.29) is 7.43 Å². The molecule has 0 unspecified atom stereocenters. The summed E-state index contributed by atoms with van der Waals surface area (Å²) in [7, 11) is 0. The van der Waals surface area contributed by atoms with Gasteiger partial charge < -0.3 is 4.52 Å². The summed E-state index contributed by atoms with van der Waals surface area (Å²) in [6.07, 6.45) is 0. The Bertz CT molecular complexity index is 537. The first-order chi connectivity index (χ1) is 7.20. The van der Waals surface area contributed by atoms with Crippen molar-refractivity contribution in [1.82, 2.24) is 10.1 Å². The van der Waals surface area contributed by atoms with Crippen LogP contribution < -0.4 is 0 Å². The van der Waals surface area contributed by atoms with Crippen molar-refractivity contribution in [3.05, 3.63) is 35.2 Å². The maximum absolute atomic E-state index is 8.78. The van der Waals surface area contributed by atoms with Crippen molar-refractivity contribution in [2.75, 3.05) is 0 Å². The largest absolute Gasteiger partial charge is 0.339 e. The summed E-state index contributed by atoms with van der Waals surface area (Å²) in [4.78, 5) is 4.12. The molecular formula is C12H13N3O. The Hall–Kier alpha value is -2.15. The van der Waals surface area contributed by atoms with Gasteiger partial charge >= 0.3 is 0 Å². The zero-order valence-corrected chi connectivity index (χ0v) is 8.48. The average Bonchev–Trinajstić information content (AvgIpc) is 2.65. The fourth-order valence-electron chi connectivity index (χ4n) is 1.34. The highest BCUT2D eigenvalue weighted by atomic mass is 16.5. The van der Waals surface area contributed by atoms with Crippen LogP contribution in [0.3, 0.4) is 0 Å². The van der Waals surface area contributed by atoms with Gasteiger partial charge in [-0.15, -0.1) is 0 Å². The number of benzene rings is 1. The lowest BCUT2D eigenvalue weighted by molar-refractivity contribution is 0.394. The zero-order chi connectivity index (χ0) is 10.8. The molecule has 1 aromatic carbocycles. The van der Waals surface area contributed by atoms with E-state index in [4.69, 9.17) is 9.78 Å². The highest BCUT2D eigenvalue weighted by Crippen LogP contribution is 2.19. The number of nitrogens with zero attached hydrogens (tertiary/aromatic N) is 3. The molecule has 4 heteroatoms. The molecule has 0 aliphatic rings. The minimum atomic E-state index is 0. The fraction of sp³-hybridized carbons (Fsp3) is 0.250. The van der Waals surface area contributed by atoms with Gasteiger partial charge in [0.1, 0.15) is 0 Å². The zero-order valence-electron chi connectivity index (χ0n) is 8.48. The third kappa shape index (κ3) is 2.09. The van der Waals surface area contributed by atoms with Crippen LogP contribution in [0, 0.1) is 25.2 Å². The molecule has 0 N–H and O–H groups in total. The van der Waals surface area contributed by atoms with Crippen LogP contribution in [0.25, 0.3) is 11.4 Å². The smallest absolute Gasteiger partial charge is 0.223 e. The van der Waals surface area contributed by atoms with E-state index < -0.39 is 0 Å². The lowest BCUT2D eigenvalue weighted by Gasteiger charge is -1.98. The maximum Gasteiger partial charge on any atom is 0.223 e. The van der Waals surface area contributed by atoms with Crippen molar-refractivity contribution in [3.8, 4) is 17.5 Å². The van der Waals surface area contributed by atoms with E-state index in [1.807, 2.05) is 19.1 Å². The topological polar surface area (TPSA) is 62.7 Å². The number of aromatic nitrogens is 2. The van der Waals surface area contributed by atoms with Gasteiger partial charge in [-0.1, -0.05) is 12.6 Å². The number of aryl methyl sites for hydroxylation is 2. The van der Waals surface area contributed by atoms with Gasteiger partial charge in [-0.2, -0.15) is 10.2 Å². The summed E-state index contributed by atoms with van der Waals surface area (Å²) < 4.78 is 4.89. The third-order valence-corrected chi connectivity index (χ3v) is 2.13. The monoisotopic (exact) mass is 215 g/mol. The molecule has 16 heavy (non-hydrogen) atoms. The van der Waals surface area contributed by atoms with Crippen molar-refractivity contribution in [2.45, 2.75) is 21.3 Å². The second kappa shape index (κ2) is 4.58. The molecule has 0 radical (unpaired) electrons. The van der Waals surface area contributed by atoms with Crippen LogP contribution in [0.15, 0.2) is 22.7 Å². The summed E-state index contributed by atoms with van der Waals surface area (Å²) in [5, 5.41) is 12.6. The van der Waals surface area contributed by atoms with Crippen LogP contribution in [0.4, 0.5) is 0 Å². The Labute approximate surface area is 94.5 Å². The number of hydrogen-bond acceptors (Lipinski definition) is 4. The minimum absolute atomic E-state index is 0. The number of hydrogen-bond donors (Lipinski definition) is 0. The van der Waals surface area contributed by atoms with Crippen molar-refractivity contribution in [2.24, 2.45) is 0 Å². The van der Waals surface area contributed by atoms with Crippen LogP contribution in [0.2, 0.25) is 0 Å². The van der Waals surface area contributed by atoms with Gasteiger partial charge in [0.2, 0.25) is 11.7 Å². The molecule has 0 saturated carbocycles. The Kier molecular flexibility index (Phi) is 3.41. The number of rotatable bonds is 1. The van der Waals surface area contributed by atoms with Crippen LogP contribution >= 0.6 is 0 Å². The molecular weight excluding hydrogens is 202 g/mol. The third-order valence-electron chi connectivity index (χ3n) is 2.13. The second-order valence-electron chi connectivity index (χ2n) is 3.28. The number of nitriles is 1. The first-order valence-electron chi connectivity index (χ1n) is 4.52. The fourth-order valence-corrected chi connectivity index (χ4v) is 1.34. The molecule has 0 aliphatic heterocycles. The molecule has 0 amide bonds. The molecule has 2 aromatic rings. The lowest BCUT2D eigenvalue weighted by atomic mass is 10.1. The molecule has 4 nitrogen and oxygen atoms in total. The van der Waals surface area contributed by atoms with E-state index in [1.165, 1.54) is 0 Å². The Morgan fingerprint density at radius 2 is 2.06 bits per heavy atom. The molecule has 0 bridgehead atoms. The van der Waals surface area contributed by atoms with Gasteiger partial charge in [0.15, 0.2) is 0 Å². The normalized spacial score (nSPS) is 9.31. The van der Waals surface area contributed by atoms with E-state index in [2.05, 4.69) is 16.2 Å². The molecule has 0 fully saturated rings. The van der Waals surface area contributed by atoms with Gasteiger partial charge in [-0.25, -0.2) is 0 Å². The van der Waals surface area contributed by atoms with Gasteiger partial charge in [-0.3, -0.25) is 0 Å². The quantitative estimate of drug-likeness (QED) is 0.733. The highest BCUT2D eigenvalue weighted by molar-refractivity contribution is 5.58. The summed E-state index contributed by atoms with van der Waals surface area (Å²) in [6.45, 7) is 3.63. The van der Waals surface area contributed by atoms with E-state index in [9.17, 15) is 0 Å². The SMILES string of the molecule is C.Cc1nc(-c2ccc(C#N)c(C)c2)no1. The average molecular weight is 215 g/mol. The van der Waals surface area contributed by atoms with Crippen molar-refractivity contribution < 1.29 is 4.52 Å². The van der Waals surface area contributed by atoms with Gasteiger partial charge in [-0.05, 0) is 30.7 Å². The maximum atomic E-state index is 8.78. The highest BCUT2D eigenvalue weighted by Gasteiger charge is 2.07. The molecule has 0 atom stereocenters. The Morgan fingerprint density at radius 1 is 1.31 bits per heavy atom. The predicted molar refractivity (Wildman–Crippen MR) is 60.7 cm³/mol. The summed E-state index contributed by atoms with van der Waals surface area (Å²) in [5.74, 6) is 1.09. The standard InChI is InChI=1S/C11H9N3O.CH4/c1-7-5-9(3-4-10(7)6-12)11-13-8(2)15-14-11;/h3-5H,1-2H3;1H4. The van der Waals surface area contributed by atoms with Crippen molar-refractivity contribution in [3.63, 3.8) is 0 Å². The van der Waals surface area contributed by atoms with Crippen molar-refractivity contribution >= 4 is 0 Å². The van der Waals surface area contributed by atoms with Crippen LogP contribution in [-0.2, 0) is 0 Å². The van der Waals surface area contributed by atoms with Gasteiger partial charge in [0, 0.05) is 12.5 Å². The minimum Gasteiger partial charge on any atom is -0.339 e. The predicted octanol–water partition coefficient (Wildman–Crippen LogP) is 2.86. The first-order valence-corrected chi connectivity index (χ1v) is 4.52. The summed E-state index contributed by atoms with van der Waals surface area (Å²) >= 11 is 0. The lowest BCUT2D eigenvalue weighted by Crippen LogP contribution is -1.86. The summed E-state index contributed by atoms with van der Waals surface area (Å²) in [6, 6.07) is 7.57. The molecule has 0 aliphatic carbocycles. The molecule has 1 heterocycles. The van der Waals surface area contributed by atoms with Crippen LogP contribution in [-0.4, -0.2) is 10.1 Å². The van der Waals surface area contributed by atoms with E-state index in [0.29, 0.717) is 17.3 Å². The Balaban J connectivity index is 0.00000128. The van der Waals surface area contributed by atoms with E-state index in [0.717, 1.165) is 11.1 Å². The molecule has 82 valence electrons. The summed E-state index contributed by atoms with van der Waals surface area (Å²) in [5.41, 5.74) is 2.44. The molecule has 0 saturated heterocycles. The van der Waals surface area contributed by atoms with Crippen LogP contribution in [0.5, 0.6) is 0 Å². The van der Waals surface area contributed by atoms with Gasteiger partial charge in [0.25, 0.3) is 0 Å². The molecule has 2 rings (SSSR count). The Morgan fingerprint density at radius 3 is 2.56 bits per heavy atom. The van der Waals surface area contributed by atoms with E-state index in [1.54, 1.807) is 13.0 Å². The molecule has 0 spiro atoms. The van der Waals surface area contributed by atoms with Crippen LogP contribution in [0.1, 0.15) is 24.4 Å². The first kappa shape index (κ1) is 11.9. The van der Waals surface area contributed by atoms with Gasteiger partial charge in [0.05, 0.1) is 11.6 Å². The van der Waals surface area contributed by atoms with E-state index >= 15 is 0 Å². The van der Waals surface area contributed by atoms with Crippen molar-refractivity contribution in [1.29, 1.82) is 5.26 Å². The molecule has 1 aromatic heterocycles. The second-order valence-corrected chi connectivity index (χ2v) is 3.28.